The molecule has 3 rings (SSSR count). The predicted molar refractivity (Wildman–Crippen MR) is 72.8 cm³/mol. The zero-order valence-electron chi connectivity index (χ0n) is 9.78. The van der Waals surface area contributed by atoms with E-state index in [4.69, 9.17) is 0 Å². The van der Waals surface area contributed by atoms with Gasteiger partial charge in [-0.25, -0.2) is 0 Å². The summed E-state index contributed by atoms with van der Waals surface area (Å²) in [5.74, 6) is 0. The van der Waals surface area contributed by atoms with Crippen LogP contribution in [0.15, 0.2) is 16.6 Å². The first-order valence-corrected chi connectivity index (χ1v) is 7.13. The molecule has 2 aliphatic rings. The van der Waals surface area contributed by atoms with Crippen molar-refractivity contribution in [3.05, 3.63) is 38.9 Å². The van der Waals surface area contributed by atoms with E-state index >= 15 is 0 Å². The Bertz CT molecular complexity index is 469. The first kappa shape index (κ1) is 10.6. The van der Waals surface area contributed by atoms with Crippen molar-refractivity contribution in [3.63, 3.8) is 0 Å². The summed E-state index contributed by atoms with van der Waals surface area (Å²) < 4.78 is 1.41. The molecule has 2 aliphatic carbocycles. The lowest BCUT2D eigenvalue weighted by molar-refractivity contribution is 0.682. The van der Waals surface area contributed by atoms with Crippen molar-refractivity contribution >= 4 is 21.5 Å². The molecule has 16 heavy (non-hydrogen) atoms. The van der Waals surface area contributed by atoms with Gasteiger partial charge in [0.05, 0.1) is 0 Å². The van der Waals surface area contributed by atoms with Gasteiger partial charge in [0.25, 0.3) is 0 Å². The number of hydrogen-bond acceptors (Lipinski definition) is 0. The van der Waals surface area contributed by atoms with Crippen LogP contribution in [0, 0.1) is 0 Å². The van der Waals surface area contributed by atoms with Crippen LogP contribution in [0.2, 0.25) is 0 Å². The fourth-order valence-electron chi connectivity index (χ4n) is 3.08. The maximum atomic E-state index is 3.86. The van der Waals surface area contributed by atoms with Gasteiger partial charge >= 0.3 is 0 Å². The van der Waals surface area contributed by atoms with Crippen molar-refractivity contribution in [2.24, 2.45) is 0 Å². The minimum Gasteiger partial charge on any atom is -0.0763 e. The number of allylic oxidation sites excluding steroid dienone is 2. The number of halogens is 1. The Morgan fingerprint density at radius 2 is 2.00 bits per heavy atom. The second-order valence-electron chi connectivity index (χ2n) is 4.86. The first-order chi connectivity index (χ1) is 7.81. The van der Waals surface area contributed by atoms with Crippen LogP contribution < -0.4 is 0 Å². The van der Waals surface area contributed by atoms with E-state index in [2.05, 4.69) is 35.0 Å². The lowest BCUT2D eigenvalue weighted by Crippen LogP contribution is -2.06. The Morgan fingerprint density at radius 1 is 1.19 bits per heavy atom. The molecule has 0 spiro atoms. The van der Waals surface area contributed by atoms with Crippen LogP contribution in [0.3, 0.4) is 0 Å². The summed E-state index contributed by atoms with van der Waals surface area (Å²) in [6, 6.07) is 2.47. The molecule has 0 radical (unpaired) electrons. The Morgan fingerprint density at radius 3 is 2.81 bits per heavy atom. The van der Waals surface area contributed by atoms with Gasteiger partial charge in [0.1, 0.15) is 0 Å². The Balaban J connectivity index is 2.18. The molecule has 84 valence electrons. The van der Waals surface area contributed by atoms with Crippen molar-refractivity contribution in [3.8, 4) is 0 Å². The van der Waals surface area contributed by atoms with Gasteiger partial charge in [-0.3, -0.25) is 0 Å². The molecule has 0 unspecified atom stereocenters. The van der Waals surface area contributed by atoms with Crippen LogP contribution in [-0.2, 0) is 19.3 Å². The van der Waals surface area contributed by atoms with Crippen molar-refractivity contribution in [1.82, 2.24) is 0 Å². The summed E-state index contributed by atoms with van der Waals surface area (Å²) in [5.41, 5.74) is 7.79. The quantitative estimate of drug-likeness (QED) is 0.699. The standard InChI is InChI=1S/C15H17Br/c1-2-10-7-8-12-9-11-5-3-4-6-13(11)15(16)14(10)12/h7,9H,2-6,8H2,1H3. The van der Waals surface area contributed by atoms with Gasteiger partial charge in [0.2, 0.25) is 0 Å². The largest absolute Gasteiger partial charge is 0.0763 e. The molecule has 1 heteroatoms. The Kier molecular flexibility index (Phi) is 2.67. The van der Waals surface area contributed by atoms with E-state index in [1.54, 1.807) is 16.7 Å². The van der Waals surface area contributed by atoms with Crippen LogP contribution in [0.5, 0.6) is 0 Å². The zero-order valence-corrected chi connectivity index (χ0v) is 11.4. The molecule has 0 bridgehead atoms. The third-order valence-electron chi connectivity index (χ3n) is 3.93. The minimum absolute atomic E-state index is 1.14. The average Bonchev–Trinajstić information content (AvgIpc) is 2.72. The summed E-state index contributed by atoms with van der Waals surface area (Å²) in [5, 5.41) is 0. The number of rotatable bonds is 1. The molecule has 0 saturated heterocycles. The molecule has 0 saturated carbocycles. The van der Waals surface area contributed by atoms with Crippen LogP contribution >= 0.6 is 15.9 Å². The molecule has 1 aromatic rings. The summed E-state index contributed by atoms with van der Waals surface area (Å²) in [4.78, 5) is 0. The highest BCUT2D eigenvalue weighted by Gasteiger charge is 2.22. The van der Waals surface area contributed by atoms with Gasteiger partial charge in [0.15, 0.2) is 0 Å². The van der Waals surface area contributed by atoms with E-state index in [9.17, 15) is 0 Å². The zero-order chi connectivity index (χ0) is 11.1. The molecule has 1 aromatic carbocycles. The fourth-order valence-corrected chi connectivity index (χ4v) is 4.04. The summed E-state index contributed by atoms with van der Waals surface area (Å²) in [6.45, 7) is 2.26. The van der Waals surface area contributed by atoms with Gasteiger partial charge in [-0.15, -0.1) is 0 Å². The number of aryl methyl sites for hydroxylation is 1. The number of benzene rings is 1. The third kappa shape index (κ3) is 1.48. The molecule has 0 fully saturated rings. The topological polar surface area (TPSA) is 0 Å². The molecule has 0 nitrogen and oxygen atoms in total. The van der Waals surface area contributed by atoms with E-state index in [1.807, 2.05) is 0 Å². The monoisotopic (exact) mass is 276 g/mol. The predicted octanol–water partition coefficient (Wildman–Crippen LogP) is 4.68. The first-order valence-electron chi connectivity index (χ1n) is 6.33. The van der Waals surface area contributed by atoms with Crippen molar-refractivity contribution < 1.29 is 0 Å². The maximum absolute atomic E-state index is 3.86. The second kappa shape index (κ2) is 4.03. The molecule has 0 N–H and O–H groups in total. The van der Waals surface area contributed by atoms with Crippen molar-refractivity contribution in [2.75, 3.05) is 0 Å². The van der Waals surface area contributed by atoms with Crippen molar-refractivity contribution in [2.45, 2.75) is 45.4 Å². The highest BCUT2D eigenvalue weighted by atomic mass is 79.9. The molecule has 0 atom stereocenters. The highest BCUT2D eigenvalue weighted by Crippen LogP contribution is 2.41. The van der Waals surface area contributed by atoms with Gasteiger partial charge in [-0.1, -0.05) is 19.1 Å². The molecule has 0 heterocycles. The highest BCUT2D eigenvalue weighted by molar-refractivity contribution is 9.10. The van der Waals surface area contributed by atoms with Gasteiger partial charge in [-0.05, 0) is 82.3 Å². The normalized spacial score (nSPS) is 18.0. The van der Waals surface area contributed by atoms with Crippen LogP contribution in [0.25, 0.3) is 5.57 Å². The molecular weight excluding hydrogens is 260 g/mol. The smallest absolute Gasteiger partial charge is 0.0288 e. The van der Waals surface area contributed by atoms with E-state index in [1.165, 1.54) is 41.3 Å². The van der Waals surface area contributed by atoms with Gasteiger partial charge in [0, 0.05) is 4.47 Å². The van der Waals surface area contributed by atoms with Crippen LogP contribution in [0.1, 0.15) is 48.4 Å². The van der Waals surface area contributed by atoms with E-state index in [0.717, 1.165) is 12.8 Å². The third-order valence-corrected chi connectivity index (χ3v) is 4.81. The molecule has 0 aromatic heterocycles. The van der Waals surface area contributed by atoms with Gasteiger partial charge in [-0.2, -0.15) is 0 Å². The maximum Gasteiger partial charge on any atom is 0.0288 e. The van der Waals surface area contributed by atoms with Crippen molar-refractivity contribution in [1.29, 1.82) is 0 Å². The van der Waals surface area contributed by atoms with E-state index in [0.29, 0.717) is 0 Å². The Hall–Kier alpha value is -0.560. The second-order valence-corrected chi connectivity index (χ2v) is 5.65. The average molecular weight is 277 g/mol. The molecule has 0 amide bonds. The van der Waals surface area contributed by atoms with Crippen LogP contribution in [-0.4, -0.2) is 0 Å². The molecular formula is C15H17Br. The van der Waals surface area contributed by atoms with Gasteiger partial charge < -0.3 is 0 Å². The lowest BCUT2D eigenvalue weighted by atomic mass is 9.87. The van der Waals surface area contributed by atoms with Crippen LogP contribution in [0.4, 0.5) is 0 Å². The van der Waals surface area contributed by atoms with E-state index in [-0.39, 0.29) is 0 Å². The SMILES string of the molecule is CCC1=CCc2cc3c(c(Br)c21)CCCC3. The Labute approximate surface area is 106 Å². The molecule has 0 aliphatic heterocycles. The number of fused-ring (bicyclic) bond motifs is 2. The van der Waals surface area contributed by atoms with E-state index < -0.39 is 0 Å². The summed E-state index contributed by atoms with van der Waals surface area (Å²) in [7, 11) is 0. The number of hydrogen-bond donors (Lipinski definition) is 0. The summed E-state index contributed by atoms with van der Waals surface area (Å²) >= 11 is 3.86. The lowest BCUT2D eigenvalue weighted by Gasteiger charge is -2.21. The summed E-state index contributed by atoms with van der Waals surface area (Å²) in [6.07, 6.45) is 9.97. The fraction of sp³-hybridized carbons (Fsp3) is 0.467. The minimum atomic E-state index is 1.14.